The molecule has 382 valence electrons. The van der Waals surface area contributed by atoms with E-state index in [0.29, 0.717) is 12.2 Å². The van der Waals surface area contributed by atoms with Gasteiger partial charge >= 0.3 is 23.5 Å². The summed E-state index contributed by atoms with van der Waals surface area (Å²) in [7, 11) is -16.4. The van der Waals surface area contributed by atoms with Gasteiger partial charge < -0.3 is 50.9 Å². The summed E-state index contributed by atoms with van der Waals surface area (Å²) < 4.78 is 62.4. The van der Waals surface area contributed by atoms with Crippen molar-refractivity contribution in [3.05, 3.63) is 24.8 Å². The molecule has 3 heterocycles. The van der Waals surface area contributed by atoms with E-state index in [-0.39, 0.29) is 41.6 Å². The van der Waals surface area contributed by atoms with E-state index < -0.39 is 84.6 Å². The minimum absolute atomic E-state index is 0.0329. The third-order valence-corrected chi connectivity index (χ3v) is 14.4. The molecule has 0 saturated carbocycles. The summed E-state index contributed by atoms with van der Waals surface area (Å²) in [5.74, 6) is -1.04. The van der Waals surface area contributed by atoms with Crippen molar-refractivity contribution >= 4 is 69.1 Å². The first-order valence-electron chi connectivity index (χ1n) is 22.3. The lowest BCUT2D eigenvalue weighted by molar-refractivity contribution is -0.137. The Morgan fingerprint density at radius 1 is 0.896 bits per heavy atom. The first kappa shape index (κ1) is 58.6. The first-order chi connectivity index (χ1) is 31.6. The molecule has 28 heteroatoms. The lowest BCUT2D eigenvalue weighted by Crippen LogP contribution is -2.46. The number of phosphoric ester groups is 3. The molecular formula is C39H68N7O17P3S. The van der Waals surface area contributed by atoms with Crippen LogP contribution in [0.3, 0.4) is 0 Å². The fraction of sp³-hybridized carbons (Fsp3) is 0.744. The molecule has 1 aliphatic heterocycles. The number of aliphatic hydroxyl groups is 2. The quantitative estimate of drug-likeness (QED) is 0.0260. The summed E-state index contributed by atoms with van der Waals surface area (Å²) in [6.07, 6.45) is 13.5. The minimum atomic E-state index is -5.58. The number of nitrogens with zero attached hydrogens (tertiary/aromatic N) is 4. The van der Waals surface area contributed by atoms with E-state index in [4.69, 9.17) is 19.5 Å². The van der Waals surface area contributed by atoms with Gasteiger partial charge in [0.25, 0.3) is 0 Å². The molecule has 24 nitrogen and oxygen atoms in total. The Bertz CT molecular complexity index is 2040. The summed E-state index contributed by atoms with van der Waals surface area (Å²) in [5, 5.41) is 26.6. The maximum atomic E-state index is 12.7. The second-order valence-electron chi connectivity index (χ2n) is 16.6. The van der Waals surface area contributed by atoms with Crippen LogP contribution in [0.5, 0.6) is 0 Å². The minimum Gasteiger partial charge on any atom is -0.386 e. The van der Waals surface area contributed by atoms with E-state index in [1.165, 1.54) is 71.6 Å². The molecule has 1 saturated heterocycles. The van der Waals surface area contributed by atoms with Gasteiger partial charge in [0.05, 0.1) is 19.5 Å². The number of aromatic nitrogens is 4. The summed E-state index contributed by atoms with van der Waals surface area (Å²) >= 11 is 1.14. The van der Waals surface area contributed by atoms with Gasteiger partial charge in [-0.15, -0.1) is 0 Å². The van der Waals surface area contributed by atoms with Crippen molar-refractivity contribution in [1.29, 1.82) is 0 Å². The lowest BCUT2D eigenvalue weighted by Gasteiger charge is -2.30. The van der Waals surface area contributed by atoms with E-state index >= 15 is 0 Å². The molecule has 0 bridgehead atoms. The van der Waals surface area contributed by atoms with Crippen molar-refractivity contribution in [1.82, 2.24) is 30.2 Å². The number of nitrogens with one attached hydrogen (secondary N) is 2. The van der Waals surface area contributed by atoms with Crippen LogP contribution >= 0.6 is 35.2 Å². The van der Waals surface area contributed by atoms with Crippen LogP contribution in [0.2, 0.25) is 0 Å². The molecule has 1 aliphatic rings. The molecule has 0 radical (unpaired) electrons. The number of allylic oxidation sites excluding steroid dienone is 2. The number of thioether (sulfide) groups is 1. The largest absolute Gasteiger partial charge is 0.481 e. The number of nitrogen functional groups attached to an aromatic ring is 1. The topological polar surface area (TPSA) is 364 Å². The van der Waals surface area contributed by atoms with Crippen molar-refractivity contribution in [2.24, 2.45) is 5.41 Å². The molecule has 2 amide bonds. The lowest BCUT2D eigenvalue weighted by atomic mass is 9.87. The highest BCUT2D eigenvalue weighted by molar-refractivity contribution is 8.13. The Kier molecular flexibility index (Phi) is 25.2. The highest BCUT2D eigenvalue weighted by Gasteiger charge is 2.50. The van der Waals surface area contributed by atoms with Crippen molar-refractivity contribution in [2.75, 3.05) is 37.8 Å². The van der Waals surface area contributed by atoms with Crippen molar-refractivity contribution in [3.8, 4) is 0 Å². The Hall–Kier alpha value is -2.70. The normalized spacial score (nSPS) is 20.2. The highest BCUT2D eigenvalue weighted by Crippen LogP contribution is 2.61. The molecule has 0 aliphatic carbocycles. The number of anilines is 1. The monoisotopic (exact) mass is 1030 g/mol. The fourth-order valence-corrected chi connectivity index (χ4v) is 10.3. The number of nitrogens with two attached hydrogens (primary N) is 1. The summed E-state index contributed by atoms with van der Waals surface area (Å²) in [6, 6.07) is 0. The van der Waals surface area contributed by atoms with Crippen molar-refractivity contribution in [3.63, 3.8) is 0 Å². The maximum Gasteiger partial charge on any atom is 0.481 e. The standard InChI is InChI=1S/C39H68N7O17P3S/c1-4-5-6-7-8-9-10-11-12-13-14-15-16-17-18-19-30(48)67-23-22-41-29(47)20-21-42-37(51)34(50)39(2,3)25-60-66(57,58)63-65(55,56)59-24-28-33(62-64(52,53)54)32(49)38(61-28)46-27-45-31-35(40)43-26-44-36(31)46/h14-15,26-28,32-34,38,49-50H,4-13,16-25H2,1-3H3,(H,41,47)(H,42,51)(H,55,56)(H,57,58)(H2,40,43,44)(H2,52,53,54)/b15-14-/t28-,32+,33?,34+,38-/m1/s1. The fourth-order valence-electron chi connectivity index (χ4n) is 6.71. The molecule has 10 N–H and O–H groups in total. The number of carbonyl (C=O) groups is 3. The number of hydrogen-bond donors (Lipinski definition) is 9. The number of carbonyl (C=O) groups excluding carboxylic acids is 3. The molecule has 1 fully saturated rings. The molecule has 0 spiro atoms. The van der Waals surface area contributed by atoms with Crippen LogP contribution in [0, 0.1) is 5.41 Å². The number of imidazole rings is 1. The van der Waals surface area contributed by atoms with Crippen LogP contribution in [0.15, 0.2) is 24.8 Å². The van der Waals surface area contributed by atoms with Gasteiger partial charge in [-0.25, -0.2) is 28.6 Å². The van der Waals surface area contributed by atoms with Crippen molar-refractivity contribution < 1.29 is 80.5 Å². The number of fused-ring (bicyclic) bond motifs is 1. The third-order valence-electron chi connectivity index (χ3n) is 10.4. The van der Waals surface area contributed by atoms with Crippen LogP contribution in [0.4, 0.5) is 5.82 Å². The van der Waals surface area contributed by atoms with Crippen LogP contribution in [0.25, 0.3) is 11.2 Å². The van der Waals surface area contributed by atoms with Gasteiger partial charge in [0.1, 0.15) is 36.3 Å². The predicted molar refractivity (Wildman–Crippen MR) is 247 cm³/mol. The van der Waals surface area contributed by atoms with Crippen LogP contribution in [0.1, 0.15) is 123 Å². The van der Waals surface area contributed by atoms with Gasteiger partial charge in [-0.2, -0.15) is 4.31 Å². The number of aliphatic hydroxyl groups excluding tert-OH is 2. The Morgan fingerprint density at radius 2 is 1.52 bits per heavy atom. The van der Waals surface area contributed by atoms with Crippen LogP contribution in [-0.4, -0.2) is 123 Å². The van der Waals surface area contributed by atoms with E-state index in [0.717, 1.165) is 54.7 Å². The highest BCUT2D eigenvalue weighted by atomic mass is 32.2. The zero-order valence-electron chi connectivity index (χ0n) is 38.1. The smallest absolute Gasteiger partial charge is 0.386 e. The zero-order chi connectivity index (χ0) is 49.7. The van der Waals surface area contributed by atoms with Gasteiger partial charge in [0, 0.05) is 37.1 Å². The Morgan fingerprint density at radius 3 is 2.18 bits per heavy atom. The van der Waals surface area contributed by atoms with Crippen LogP contribution in [-0.2, 0) is 50.7 Å². The number of hydrogen-bond acceptors (Lipinski definition) is 18. The van der Waals surface area contributed by atoms with E-state index in [2.05, 4.69) is 53.5 Å². The molecule has 2 aromatic heterocycles. The van der Waals surface area contributed by atoms with Crippen molar-refractivity contribution in [2.45, 2.75) is 148 Å². The Labute approximate surface area is 394 Å². The SMILES string of the molecule is CCCCCCCCCCC/C=C\CCCCC(=O)SCCNC(=O)CCNC(=O)[C@H](O)C(C)(C)COP(=O)(O)OP(=O)(O)OC[C@H]1O[C@@H](n2cnc3c(N)ncnc32)[C@@H](O)C1OP(=O)(O)O. The number of ether oxygens (including phenoxy) is 1. The zero-order valence-corrected chi connectivity index (χ0v) is 41.6. The average molecular weight is 1030 g/mol. The Balaban J connectivity index is 1.31. The summed E-state index contributed by atoms with van der Waals surface area (Å²) in [6.45, 7) is 2.79. The number of amides is 2. The van der Waals surface area contributed by atoms with E-state index in [9.17, 15) is 57.9 Å². The third kappa shape index (κ3) is 21.9. The first-order valence-corrected chi connectivity index (χ1v) is 27.8. The van der Waals surface area contributed by atoms with Gasteiger partial charge in [0.2, 0.25) is 11.8 Å². The predicted octanol–water partition coefficient (Wildman–Crippen LogP) is 4.70. The molecule has 7 atom stereocenters. The molecule has 3 rings (SSSR count). The number of phosphoric acid groups is 3. The van der Waals surface area contributed by atoms with Gasteiger partial charge in [0.15, 0.2) is 22.8 Å². The molecule has 67 heavy (non-hydrogen) atoms. The molecule has 3 unspecified atom stereocenters. The molecular weight excluding hydrogens is 963 g/mol. The van der Waals surface area contributed by atoms with E-state index in [1.54, 1.807) is 0 Å². The number of rotatable bonds is 34. The summed E-state index contributed by atoms with van der Waals surface area (Å²) in [4.78, 5) is 88.3. The van der Waals surface area contributed by atoms with Gasteiger partial charge in [-0.1, -0.05) is 96.1 Å². The molecule has 0 aromatic carbocycles. The number of unbranched alkanes of at least 4 members (excludes halogenated alkanes) is 11. The van der Waals surface area contributed by atoms with Gasteiger partial charge in [-0.3, -0.25) is 32.5 Å². The van der Waals surface area contributed by atoms with Crippen LogP contribution < -0.4 is 16.4 Å². The van der Waals surface area contributed by atoms with E-state index in [1.807, 2.05) is 0 Å². The second kappa shape index (κ2) is 28.8. The van der Waals surface area contributed by atoms with Gasteiger partial charge in [-0.05, 0) is 32.1 Å². The molecule has 2 aromatic rings. The average Bonchev–Trinajstić information content (AvgIpc) is 3.81. The maximum absolute atomic E-state index is 12.7. The second-order valence-corrected chi connectivity index (χ2v) is 22.0. The summed E-state index contributed by atoms with van der Waals surface area (Å²) in [5.41, 5.74) is 4.28.